The first-order valence-electron chi connectivity index (χ1n) is 8.72. The largest absolute Gasteiger partial charge is 0.399 e. The number of hydrogen-bond acceptors (Lipinski definition) is 3. The van der Waals surface area contributed by atoms with Gasteiger partial charge in [0.25, 0.3) is 0 Å². The molecule has 4 heteroatoms. The molecule has 0 saturated carbocycles. The van der Waals surface area contributed by atoms with Gasteiger partial charge in [-0.3, -0.25) is 4.40 Å². The third-order valence-electron chi connectivity index (χ3n) is 5.06. The second kappa shape index (κ2) is 5.74. The lowest BCUT2D eigenvalue weighted by Crippen LogP contribution is -2.02. The molecule has 2 heterocycles. The summed E-state index contributed by atoms with van der Waals surface area (Å²) in [5, 5.41) is 2.21. The lowest BCUT2D eigenvalue weighted by atomic mass is 9.90. The Morgan fingerprint density at radius 1 is 0.920 bits per heavy atom. The summed E-state index contributed by atoms with van der Waals surface area (Å²) in [5.41, 5.74) is 14.2. The van der Waals surface area contributed by atoms with Gasteiger partial charge in [0, 0.05) is 22.8 Å². The molecule has 5 rings (SSSR count). The Labute approximate surface area is 150 Å². The Balaban J connectivity index is 1.59. The highest BCUT2D eigenvalue weighted by Crippen LogP contribution is 2.32. The first-order chi connectivity index (χ1) is 12.3. The molecule has 0 amide bonds. The number of thiazole rings is 1. The predicted molar refractivity (Wildman–Crippen MR) is 105 cm³/mol. The van der Waals surface area contributed by atoms with Gasteiger partial charge in [0.05, 0.1) is 11.4 Å². The van der Waals surface area contributed by atoms with Crippen molar-refractivity contribution < 1.29 is 0 Å². The molecule has 0 radical (unpaired) electrons. The Morgan fingerprint density at radius 2 is 1.68 bits per heavy atom. The molecule has 0 unspecified atom stereocenters. The lowest BCUT2D eigenvalue weighted by molar-refractivity contribution is 0.686. The molecule has 0 spiro atoms. The number of aryl methyl sites for hydroxylation is 2. The molecule has 1 aliphatic carbocycles. The average molecular weight is 345 g/mol. The number of rotatable bonds is 2. The van der Waals surface area contributed by atoms with E-state index >= 15 is 0 Å². The zero-order valence-electron chi connectivity index (χ0n) is 13.9. The van der Waals surface area contributed by atoms with Crippen LogP contribution in [0.4, 0.5) is 5.69 Å². The van der Waals surface area contributed by atoms with Gasteiger partial charge in [-0.1, -0.05) is 24.3 Å². The molecule has 0 aliphatic heterocycles. The van der Waals surface area contributed by atoms with E-state index in [0.717, 1.165) is 21.9 Å². The minimum Gasteiger partial charge on any atom is -0.399 e. The van der Waals surface area contributed by atoms with Crippen LogP contribution in [-0.2, 0) is 12.8 Å². The van der Waals surface area contributed by atoms with Crippen LogP contribution in [0.3, 0.4) is 0 Å². The molecule has 0 fully saturated rings. The summed E-state index contributed by atoms with van der Waals surface area (Å²) in [7, 11) is 0. The second-order valence-corrected chi connectivity index (χ2v) is 7.55. The first kappa shape index (κ1) is 14.7. The van der Waals surface area contributed by atoms with Crippen LogP contribution in [0.5, 0.6) is 0 Å². The number of fused-ring (bicyclic) bond motifs is 2. The third kappa shape index (κ3) is 2.53. The molecule has 2 aromatic carbocycles. The van der Waals surface area contributed by atoms with E-state index in [1.165, 1.54) is 48.1 Å². The Kier molecular flexibility index (Phi) is 3.38. The summed E-state index contributed by atoms with van der Waals surface area (Å²) in [4.78, 5) is 5.81. The Hall–Kier alpha value is -2.59. The van der Waals surface area contributed by atoms with Crippen molar-refractivity contribution in [3.63, 3.8) is 0 Å². The van der Waals surface area contributed by atoms with Crippen LogP contribution in [-0.4, -0.2) is 9.38 Å². The van der Waals surface area contributed by atoms with Gasteiger partial charge in [0.1, 0.15) is 0 Å². The van der Waals surface area contributed by atoms with Gasteiger partial charge in [-0.05, 0) is 60.6 Å². The quantitative estimate of drug-likeness (QED) is 0.508. The van der Waals surface area contributed by atoms with Crippen molar-refractivity contribution in [2.24, 2.45) is 0 Å². The molecule has 3 nitrogen and oxygen atoms in total. The highest BCUT2D eigenvalue weighted by atomic mass is 32.1. The van der Waals surface area contributed by atoms with Crippen molar-refractivity contribution in [3.8, 4) is 22.5 Å². The van der Waals surface area contributed by atoms with Crippen molar-refractivity contribution in [1.29, 1.82) is 0 Å². The monoisotopic (exact) mass is 345 g/mol. The molecular formula is C21H19N3S. The van der Waals surface area contributed by atoms with Crippen molar-refractivity contribution in [3.05, 3.63) is 65.2 Å². The van der Waals surface area contributed by atoms with Gasteiger partial charge < -0.3 is 5.73 Å². The Bertz CT molecular complexity index is 1060. The molecule has 1 aliphatic rings. The number of hydrogen-bond donors (Lipinski definition) is 1. The maximum Gasteiger partial charge on any atom is 0.194 e. The number of nitrogens with zero attached hydrogens (tertiary/aromatic N) is 2. The zero-order chi connectivity index (χ0) is 16.8. The van der Waals surface area contributed by atoms with E-state index in [2.05, 4.69) is 34.2 Å². The summed E-state index contributed by atoms with van der Waals surface area (Å²) in [6.07, 6.45) is 7.19. The molecule has 4 aromatic rings. The number of nitrogens with two attached hydrogens (primary N) is 1. The maximum atomic E-state index is 5.79. The fourth-order valence-electron chi connectivity index (χ4n) is 3.68. The van der Waals surface area contributed by atoms with Gasteiger partial charge in [0.2, 0.25) is 0 Å². The molecule has 25 heavy (non-hydrogen) atoms. The fraction of sp³-hybridized carbons (Fsp3) is 0.190. The Morgan fingerprint density at radius 3 is 2.52 bits per heavy atom. The van der Waals surface area contributed by atoms with E-state index < -0.39 is 0 Å². The van der Waals surface area contributed by atoms with E-state index in [-0.39, 0.29) is 0 Å². The smallest absolute Gasteiger partial charge is 0.194 e. The third-order valence-corrected chi connectivity index (χ3v) is 5.90. The van der Waals surface area contributed by atoms with Crippen LogP contribution < -0.4 is 5.73 Å². The lowest BCUT2D eigenvalue weighted by Gasteiger charge is -2.16. The number of aromatic nitrogens is 2. The normalized spacial score (nSPS) is 13.9. The topological polar surface area (TPSA) is 43.3 Å². The minimum atomic E-state index is 0.777. The summed E-state index contributed by atoms with van der Waals surface area (Å²) >= 11 is 1.69. The molecule has 2 N–H and O–H groups in total. The van der Waals surface area contributed by atoms with Gasteiger partial charge in [-0.2, -0.15) is 0 Å². The second-order valence-electron chi connectivity index (χ2n) is 6.71. The van der Waals surface area contributed by atoms with Crippen molar-refractivity contribution in [2.75, 3.05) is 5.73 Å². The highest BCUT2D eigenvalue weighted by Gasteiger charge is 2.14. The van der Waals surface area contributed by atoms with Crippen LogP contribution >= 0.6 is 11.3 Å². The van der Waals surface area contributed by atoms with Crippen molar-refractivity contribution in [2.45, 2.75) is 25.7 Å². The SMILES string of the molecule is Nc1ccc(-c2cn3c(-c4ccc5c(c4)CCCC5)csc3n2)cc1. The standard InChI is InChI=1S/C21H19N3S/c22-18-9-7-15(8-10-18)19-12-24-20(13-25-21(24)23-19)17-6-5-14-3-1-2-4-16(14)11-17/h5-13H,1-4,22H2. The number of nitrogen functional groups attached to an aromatic ring is 1. The van der Waals surface area contributed by atoms with Crippen LogP contribution in [0.1, 0.15) is 24.0 Å². The minimum absolute atomic E-state index is 0.777. The molecule has 2 aromatic heterocycles. The van der Waals surface area contributed by atoms with E-state index in [4.69, 9.17) is 10.7 Å². The van der Waals surface area contributed by atoms with Gasteiger partial charge >= 0.3 is 0 Å². The van der Waals surface area contributed by atoms with Crippen LogP contribution in [0.2, 0.25) is 0 Å². The number of anilines is 1. The van der Waals surface area contributed by atoms with E-state index in [9.17, 15) is 0 Å². The molecule has 0 atom stereocenters. The molecular weight excluding hydrogens is 326 g/mol. The molecule has 0 saturated heterocycles. The predicted octanol–water partition coefficient (Wildman–Crippen LogP) is 5.19. The first-order valence-corrected chi connectivity index (χ1v) is 9.60. The molecule has 0 bridgehead atoms. The van der Waals surface area contributed by atoms with Crippen LogP contribution in [0, 0.1) is 0 Å². The maximum absolute atomic E-state index is 5.79. The van der Waals surface area contributed by atoms with Crippen molar-refractivity contribution >= 4 is 22.0 Å². The van der Waals surface area contributed by atoms with Crippen molar-refractivity contribution in [1.82, 2.24) is 9.38 Å². The summed E-state index contributed by atoms with van der Waals surface area (Å²) < 4.78 is 2.21. The average Bonchev–Trinajstić information content (AvgIpc) is 3.22. The van der Waals surface area contributed by atoms with Gasteiger partial charge in [0.15, 0.2) is 4.96 Å². The van der Waals surface area contributed by atoms with Gasteiger partial charge in [-0.25, -0.2) is 4.98 Å². The fourth-order valence-corrected chi connectivity index (χ4v) is 4.56. The van der Waals surface area contributed by atoms with Gasteiger partial charge in [-0.15, -0.1) is 11.3 Å². The van der Waals surface area contributed by atoms with Crippen LogP contribution in [0.15, 0.2) is 54.0 Å². The van der Waals surface area contributed by atoms with E-state index in [0.29, 0.717) is 0 Å². The zero-order valence-corrected chi connectivity index (χ0v) is 14.7. The highest BCUT2D eigenvalue weighted by molar-refractivity contribution is 7.15. The van der Waals surface area contributed by atoms with Crippen LogP contribution in [0.25, 0.3) is 27.5 Å². The number of imidazole rings is 1. The van der Waals surface area contributed by atoms with E-state index in [1.54, 1.807) is 11.3 Å². The summed E-state index contributed by atoms with van der Waals surface area (Å²) in [5.74, 6) is 0. The summed E-state index contributed by atoms with van der Waals surface area (Å²) in [6, 6.07) is 14.8. The van der Waals surface area contributed by atoms with E-state index in [1.807, 2.05) is 24.3 Å². The molecule has 124 valence electrons. The summed E-state index contributed by atoms with van der Waals surface area (Å²) in [6.45, 7) is 0. The number of benzene rings is 2.